The van der Waals surface area contributed by atoms with Crippen LogP contribution in [-0.4, -0.2) is 60.5 Å². The topological polar surface area (TPSA) is 79.6 Å². The molecule has 0 atom stereocenters. The summed E-state index contributed by atoms with van der Waals surface area (Å²) in [5.41, 5.74) is 1.35. The molecule has 1 saturated heterocycles. The number of hydrogen-bond acceptors (Lipinski definition) is 6. The zero-order valence-electron chi connectivity index (χ0n) is 15.0. The lowest BCUT2D eigenvalue weighted by molar-refractivity contribution is 0.0389. The van der Waals surface area contributed by atoms with Gasteiger partial charge in [0, 0.05) is 31.7 Å². The molecule has 0 spiro atoms. The fourth-order valence-corrected chi connectivity index (χ4v) is 3.26. The Morgan fingerprint density at radius 1 is 1.33 bits per heavy atom. The van der Waals surface area contributed by atoms with Crippen molar-refractivity contribution in [1.29, 1.82) is 0 Å². The molecule has 0 saturated carbocycles. The maximum absolute atomic E-state index is 12.7. The number of carbonyl (C=O) groups excluding carboxylic acids is 1. The Bertz CT molecular complexity index is 821. The predicted molar refractivity (Wildman–Crippen MR) is 107 cm³/mol. The third-order valence-corrected chi connectivity index (χ3v) is 4.84. The fourth-order valence-electron chi connectivity index (χ4n) is 2.84. The smallest absolute Gasteiger partial charge is 0.263 e. The quantitative estimate of drug-likeness (QED) is 0.734. The van der Waals surface area contributed by atoms with Gasteiger partial charge in [-0.2, -0.15) is 0 Å². The Hall–Kier alpha value is -2.00. The minimum atomic E-state index is -0.382. The lowest BCUT2D eigenvalue weighted by Crippen LogP contribution is -2.45. The first-order valence-electron chi connectivity index (χ1n) is 8.66. The van der Waals surface area contributed by atoms with Crippen molar-refractivity contribution in [1.82, 2.24) is 20.7 Å². The van der Waals surface area contributed by atoms with E-state index in [1.807, 2.05) is 12.1 Å². The molecule has 0 bridgehead atoms. The molecule has 1 fully saturated rings. The number of benzene rings is 1. The summed E-state index contributed by atoms with van der Waals surface area (Å²) in [5.74, 6) is 0.0195. The molecule has 1 aliphatic rings. The van der Waals surface area contributed by atoms with Crippen molar-refractivity contribution in [2.24, 2.45) is 0 Å². The van der Waals surface area contributed by atoms with Crippen LogP contribution in [0.4, 0.5) is 0 Å². The van der Waals surface area contributed by atoms with Gasteiger partial charge in [-0.3, -0.25) is 15.0 Å². The van der Waals surface area contributed by atoms with Crippen LogP contribution in [0.15, 0.2) is 28.8 Å². The van der Waals surface area contributed by atoms with Gasteiger partial charge in [0.1, 0.15) is 17.0 Å². The number of nitrogens with zero attached hydrogens (tertiary/aromatic N) is 2. The minimum absolute atomic E-state index is 0.263. The summed E-state index contributed by atoms with van der Waals surface area (Å²) in [6.45, 7) is 6.45. The van der Waals surface area contributed by atoms with Gasteiger partial charge < -0.3 is 14.6 Å². The second kappa shape index (κ2) is 9.27. The molecule has 1 amide bonds. The Labute approximate surface area is 168 Å². The number of hydrogen-bond donors (Lipinski definition) is 2. The van der Waals surface area contributed by atoms with Crippen molar-refractivity contribution < 1.29 is 14.1 Å². The van der Waals surface area contributed by atoms with Gasteiger partial charge in [0.2, 0.25) is 0 Å². The monoisotopic (exact) mass is 408 g/mol. The number of morpholine rings is 1. The lowest BCUT2D eigenvalue weighted by atomic mass is 10.1. The number of thiocarbonyl (C=S) groups is 1. The summed E-state index contributed by atoms with van der Waals surface area (Å²) >= 11 is 11.5. The van der Waals surface area contributed by atoms with E-state index in [4.69, 9.17) is 33.1 Å². The minimum Gasteiger partial charge on any atom is -0.379 e. The molecule has 2 aromatic rings. The van der Waals surface area contributed by atoms with Gasteiger partial charge in [-0.15, -0.1) is 0 Å². The number of ether oxygens (including phenoxy) is 1. The van der Waals surface area contributed by atoms with E-state index in [2.05, 4.69) is 20.7 Å². The summed E-state index contributed by atoms with van der Waals surface area (Å²) in [4.78, 5) is 15.0. The summed E-state index contributed by atoms with van der Waals surface area (Å²) < 4.78 is 10.5. The Morgan fingerprint density at radius 3 is 2.81 bits per heavy atom. The van der Waals surface area contributed by atoms with E-state index in [1.165, 1.54) is 0 Å². The number of aromatic nitrogens is 1. The molecule has 27 heavy (non-hydrogen) atoms. The molecule has 0 aliphatic carbocycles. The van der Waals surface area contributed by atoms with Crippen LogP contribution < -0.4 is 10.6 Å². The number of nitrogens with one attached hydrogen (secondary N) is 2. The summed E-state index contributed by atoms with van der Waals surface area (Å²) in [6, 6.07) is 7.16. The Balaban J connectivity index is 1.60. The molecule has 2 heterocycles. The van der Waals surface area contributed by atoms with Gasteiger partial charge in [-0.05, 0) is 25.2 Å². The molecule has 2 N–H and O–H groups in total. The van der Waals surface area contributed by atoms with Crippen LogP contribution in [0.5, 0.6) is 0 Å². The first-order chi connectivity index (χ1) is 13.1. The van der Waals surface area contributed by atoms with E-state index >= 15 is 0 Å². The van der Waals surface area contributed by atoms with E-state index in [0.717, 1.165) is 32.8 Å². The third kappa shape index (κ3) is 5.04. The molecular formula is C18H21ClN4O3S. The van der Waals surface area contributed by atoms with Crippen molar-refractivity contribution in [3.05, 3.63) is 40.6 Å². The molecular weight excluding hydrogens is 388 g/mol. The first kappa shape index (κ1) is 19.8. The summed E-state index contributed by atoms with van der Waals surface area (Å²) in [6.07, 6.45) is 0. The number of halogens is 1. The van der Waals surface area contributed by atoms with Crippen molar-refractivity contribution >= 4 is 34.8 Å². The zero-order chi connectivity index (χ0) is 19.2. The van der Waals surface area contributed by atoms with Crippen LogP contribution in [0.2, 0.25) is 5.02 Å². The molecule has 0 unspecified atom stereocenters. The maximum Gasteiger partial charge on any atom is 0.263 e. The van der Waals surface area contributed by atoms with Crippen LogP contribution in [0, 0.1) is 6.92 Å². The zero-order valence-corrected chi connectivity index (χ0v) is 16.5. The number of amides is 1. The highest BCUT2D eigenvalue weighted by atomic mass is 35.5. The summed E-state index contributed by atoms with van der Waals surface area (Å²) in [7, 11) is 0. The van der Waals surface area contributed by atoms with Crippen LogP contribution in [0.25, 0.3) is 11.3 Å². The fraction of sp³-hybridized carbons (Fsp3) is 0.389. The highest BCUT2D eigenvalue weighted by Crippen LogP contribution is 2.30. The van der Waals surface area contributed by atoms with Crippen molar-refractivity contribution in [2.75, 3.05) is 39.4 Å². The van der Waals surface area contributed by atoms with Gasteiger partial charge in [-0.25, -0.2) is 0 Å². The molecule has 3 rings (SSSR count). The van der Waals surface area contributed by atoms with Gasteiger partial charge in [0.25, 0.3) is 5.91 Å². The van der Waals surface area contributed by atoms with Crippen LogP contribution in [-0.2, 0) is 4.74 Å². The van der Waals surface area contributed by atoms with Crippen molar-refractivity contribution in [2.45, 2.75) is 6.92 Å². The SMILES string of the molecule is Cc1onc(-c2ccccc2Cl)c1C(=O)NC(=S)NCCN1CCOCC1. The first-order valence-corrected chi connectivity index (χ1v) is 9.45. The molecule has 1 aromatic heterocycles. The van der Waals surface area contributed by atoms with E-state index in [9.17, 15) is 4.79 Å². The van der Waals surface area contributed by atoms with E-state index in [1.54, 1.807) is 19.1 Å². The second-order valence-corrected chi connectivity index (χ2v) is 6.92. The molecule has 1 aromatic carbocycles. The van der Waals surface area contributed by atoms with Crippen LogP contribution in [0.1, 0.15) is 16.1 Å². The molecule has 0 radical (unpaired) electrons. The highest BCUT2D eigenvalue weighted by Gasteiger charge is 2.23. The molecule has 144 valence electrons. The second-order valence-electron chi connectivity index (χ2n) is 6.11. The molecule has 9 heteroatoms. The summed E-state index contributed by atoms with van der Waals surface area (Å²) in [5, 5.41) is 10.5. The van der Waals surface area contributed by atoms with Gasteiger partial charge in [0.15, 0.2) is 5.11 Å². The number of aryl methyl sites for hydroxylation is 1. The Morgan fingerprint density at radius 2 is 2.07 bits per heavy atom. The van der Waals surface area contributed by atoms with Gasteiger partial charge >= 0.3 is 0 Å². The van der Waals surface area contributed by atoms with Gasteiger partial charge in [-0.1, -0.05) is 35.0 Å². The average Bonchev–Trinajstić information content (AvgIpc) is 3.04. The normalized spacial score (nSPS) is 14.7. The lowest BCUT2D eigenvalue weighted by Gasteiger charge is -2.26. The van der Waals surface area contributed by atoms with E-state index in [-0.39, 0.29) is 11.0 Å². The van der Waals surface area contributed by atoms with Crippen molar-refractivity contribution in [3.63, 3.8) is 0 Å². The van der Waals surface area contributed by atoms with Crippen molar-refractivity contribution in [3.8, 4) is 11.3 Å². The van der Waals surface area contributed by atoms with Gasteiger partial charge in [0.05, 0.1) is 18.2 Å². The number of rotatable bonds is 5. The molecule has 7 nitrogen and oxygen atoms in total. The average molecular weight is 409 g/mol. The van der Waals surface area contributed by atoms with E-state index < -0.39 is 0 Å². The largest absolute Gasteiger partial charge is 0.379 e. The third-order valence-electron chi connectivity index (χ3n) is 4.26. The maximum atomic E-state index is 12.7. The molecule has 1 aliphatic heterocycles. The standard InChI is InChI=1S/C18H21ClN4O3S/c1-12-15(16(22-26-12)13-4-2-3-5-14(13)19)17(24)21-18(27)20-6-7-23-8-10-25-11-9-23/h2-5H,6-11H2,1H3,(H2,20,21,24,27). The van der Waals surface area contributed by atoms with E-state index in [0.29, 0.717) is 34.1 Å². The Kier molecular flexibility index (Phi) is 6.78. The highest BCUT2D eigenvalue weighted by molar-refractivity contribution is 7.80. The van der Waals surface area contributed by atoms with Crippen LogP contribution >= 0.6 is 23.8 Å². The predicted octanol–water partition coefficient (Wildman–Crippen LogP) is 2.24. The number of carbonyl (C=O) groups is 1. The van der Waals surface area contributed by atoms with Crippen LogP contribution in [0.3, 0.4) is 0 Å².